The highest BCUT2D eigenvalue weighted by Crippen LogP contribution is 2.38. The first-order chi connectivity index (χ1) is 21.3. The van der Waals surface area contributed by atoms with E-state index in [1.807, 2.05) is 0 Å². The van der Waals surface area contributed by atoms with E-state index in [2.05, 4.69) is 9.46 Å². The van der Waals surface area contributed by atoms with Gasteiger partial charge in [-0.3, -0.25) is 4.72 Å². The lowest BCUT2D eigenvalue weighted by Gasteiger charge is -2.22. The zero-order valence-electron chi connectivity index (χ0n) is 24.0. The molecule has 15 heteroatoms. The van der Waals surface area contributed by atoms with Crippen LogP contribution in [0, 0.1) is 17.0 Å². The van der Waals surface area contributed by atoms with E-state index >= 15 is 0 Å². The number of esters is 1. The quantitative estimate of drug-likeness (QED) is 0.112. The molecule has 1 N–H and O–H groups in total. The molecule has 0 amide bonds. The number of halogens is 4. The predicted molar refractivity (Wildman–Crippen MR) is 162 cm³/mol. The summed E-state index contributed by atoms with van der Waals surface area (Å²) < 4.78 is 75.2. The molecule has 1 aromatic heterocycles. The Morgan fingerprint density at radius 2 is 1.64 bits per heavy atom. The lowest BCUT2D eigenvalue weighted by atomic mass is 10.0. The number of nitrogens with one attached hydrogen (secondary N) is 1. The molecule has 242 valence electrons. The molecule has 1 atom stereocenters. The molecule has 3 aromatic rings. The minimum absolute atomic E-state index is 0.0107. The molecule has 0 aliphatic heterocycles. The average Bonchev–Trinajstić information content (AvgIpc) is 3.87. The van der Waals surface area contributed by atoms with Gasteiger partial charge in [0.2, 0.25) is 10.0 Å². The number of pyridine rings is 1. The Balaban J connectivity index is 1.49. The molecule has 45 heavy (non-hydrogen) atoms. The van der Waals surface area contributed by atoms with E-state index in [0.29, 0.717) is 28.7 Å². The lowest BCUT2D eigenvalue weighted by Crippen LogP contribution is -2.25. The zero-order chi connectivity index (χ0) is 32.3. The fraction of sp³-hybridized carbons (Fsp3) is 0.400. The SMILES string of the molecule is CS(=O)(=O)Nc1cc(OCC2CC2)cc(C(=O)O[C@@H](Cc2c(Cl)c[n+]([O-])cc2Cl)c2ccc(OC(F)F)c(OCC3CC3)c2)c1. The Hall–Kier alpha value is -3.55. The van der Waals surface area contributed by atoms with Gasteiger partial charge in [0.25, 0.3) is 0 Å². The number of hydrogen-bond acceptors (Lipinski definition) is 8. The first kappa shape index (κ1) is 32.8. The van der Waals surface area contributed by atoms with Crippen LogP contribution >= 0.6 is 23.2 Å². The Labute approximate surface area is 268 Å². The smallest absolute Gasteiger partial charge is 0.387 e. The van der Waals surface area contributed by atoms with Gasteiger partial charge in [0.05, 0.1) is 30.7 Å². The van der Waals surface area contributed by atoms with E-state index in [-0.39, 0.29) is 57.1 Å². The van der Waals surface area contributed by atoms with Gasteiger partial charge in [-0.15, -0.1) is 0 Å². The van der Waals surface area contributed by atoms with Crippen molar-refractivity contribution in [1.29, 1.82) is 0 Å². The van der Waals surface area contributed by atoms with Crippen molar-refractivity contribution in [2.45, 2.75) is 44.8 Å². The van der Waals surface area contributed by atoms with Crippen LogP contribution in [0.3, 0.4) is 0 Å². The minimum Gasteiger partial charge on any atom is -0.619 e. The molecule has 2 aliphatic rings. The number of aromatic nitrogens is 1. The molecular formula is C30H30Cl2F2N2O8S. The topological polar surface area (TPSA) is 127 Å². The molecule has 5 rings (SSSR count). The van der Waals surface area contributed by atoms with E-state index in [1.165, 1.54) is 36.4 Å². The molecule has 10 nitrogen and oxygen atoms in total. The highest BCUT2D eigenvalue weighted by atomic mass is 35.5. The van der Waals surface area contributed by atoms with Crippen molar-refractivity contribution < 1.29 is 45.7 Å². The van der Waals surface area contributed by atoms with Crippen LogP contribution in [0.4, 0.5) is 14.5 Å². The Kier molecular flexibility index (Phi) is 10.1. The van der Waals surface area contributed by atoms with Crippen LogP contribution in [0.5, 0.6) is 17.2 Å². The van der Waals surface area contributed by atoms with Gasteiger partial charge in [-0.25, -0.2) is 13.2 Å². The Morgan fingerprint density at radius 3 is 2.24 bits per heavy atom. The highest BCUT2D eigenvalue weighted by molar-refractivity contribution is 7.92. The van der Waals surface area contributed by atoms with E-state index in [4.69, 9.17) is 37.4 Å². The third-order valence-corrected chi connectivity index (χ3v) is 8.31. The average molecular weight is 688 g/mol. The molecular weight excluding hydrogens is 657 g/mol. The van der Waals surface area contributed by atoms with Gasteiger partial charge in [-0.1, -0.05) is 29.3 Å². The Bertz CT molecular complexity index is 1650. The fourth-order valence-electron chi connectivity index (χ4n) is 4.43. The second kappa shape index (κ2) is 13.8. The summed E-state index contributed by atoms with van der Waals surface area (Å²) in [7, 11) is -3.69. The summed E-state index contributed by atoms with van der Waals surface area (Å²) in [4.78, 5) is 13.7. The van der Waals surface area contributed by atoms with E-state index in [0.717, 1.165) is 44.3 Å². The molecule has 2 aromatic carbocycles. The molecule has 0 saturated heterocycles. The maximum Gasteiger partial charge on any atom is 0.387 e. The number of ether oxygens (including phenoxy) is 4. The summed E-state index contributed by atoms with van der Waals surface area (Å²) >= 11 is 12.7. The maximum atomic E-state index is 13.7. The number of nitrogens with zero attached hydrogens (tertiary/aromatic N) is 1. The Morgan fingerprint density at radius 1 is 1.00 bits per heavy atom. The highest BCUT2D eigenvalue weighted by Gasteiger charge is 2.28. The number of anilines is 1. The first-order valence-corrected chi connectivity index (χ1v) is 16.7. The molecule has 2 fully saturated rings. The molecule has 0 unspecified atom stereocenters. The summed E-state index contributed by atoms with van der Waals surface area (Å²) in [5, 5.41) is 11.9. The van der Waals surface area contributed by atoms with Gasteiger partial charge in [0.15, 0.2) is 23.9 Å². The number of sulfonamides is 1. The minimum atomic E-state index is -3.69. The summed E-state index contributed by atoms with van der Waals surface area (Å²) in [6.07, 6.45) is 5.86. The van der Waals surface area contributed by atoms with Crippen molar-refractivity contribution in [3.05, 3.63) is 80.7 Å². The van der Waals surface area contributed by atoms with Crippen LogP contribution in [0.25, 0.3) is 0 Å². The third-order valence-electron chi connectivity index (χ3n) is 7.05. The number of hydrogen-bond donors (Lipinski definition) is 1. The predicted octanol–water partition coefficient (Wildman–Crippen LogP) is 6.32. The molecule has 0 radical (unpaired) electrons. The molecule has 0 spiro atoms. The van der Waals surface area contributed by atoms with Crippen LogP contribution in [-0.4, -0.2) is 40.5 Å². The van der Waals surface area contributed by atoms with Gasteiger partial charge in [-0.2, -0.15) is 13.5 Å². The summed E-state index contributed by atoms with van der Waals surface area (Å²) in [5.41, 5.74) is 0.688. The van der Waals surface area contributed by atoms with Gasteiger partial charge < -0.3 is 24.2 Å². The van der Waals surface area contributed by atoms with Crippen molar-refractivity contribution in [2.24, 2.45) is 11.8 Å². The summed E-state index contributed by atoms with van der Waals surface area (Å²) in [5.74, 6) is -0.0798. The van der Waals surface area contributed by atoms with Crippen LogP contribution in [0.1, 0.15) is 53.3 Å². The largest absolute Gasteiger partial charge is 0.619 e. The van der Waals surface area contributed by atoms with Crippen molar-refractivity contribution >= 4 is 44.9 Å². The number of benzene rings is 2. The summed E-state index contributed by atoms with van der Waals surface area (Å²) in [6.45, 7) is -2.41. The monoisotopic (exact) mass is 686 g/mol. The second-order valence-corrected chi connectivity index (χ2v) is 13.7. The van der Waals surface area contributed by atoms with Crippen LogP contribution in [0.2, 0.25) is 10.0 Å². The fourth-order valence-corrected chi connectivity index (χ4v) is 5.58. The van der Waals surface area contributed by atoms with Crippen LogP contribution in [-0.2, 0) is 21.2 Å². The maximum absolute atomic E-state index is 13.7. The molecule has 2 saturated carbocycles. The first-order valence-electron chi connectivity index (χ1n) is 14.1. The van der Waals surface area contributed by atoms with Crippen molar-refractivity contribution in [3.8, 4) is 17.2 Å². The van der Waals surface area contributed by atoms with Gasteiger partial charge in [-0.05, 0) is 67.3 Å². The molecule has 2 aliphatic carbocycles. The van der Waals surface area contributed by atoms with Crippen molar-refractivity contribution in [2.75, 3.05) is 24.2 Å². The number of carbonyl (C=O) groups is 1. The van der Waals surface area contributed by atoms with E-state index < -0.39 is 28.7 Å². The molecule has 0 bridgehead atoms. The second-order valence-electron chi connectivity index (χ2n) is 11.1. The number of rotatable bonds is 15. The van der Waals surface area contributed by atoms with Gasteiger partial charge in [0.1, 0.15) is 21.9 Å². The normalized spacial score (nSPS) is 15.4. The third kappa shape index (κ3) is 9.72. The van der Waals surface area contributed by atoms with E-state index in [9.17, 15) is 27.2 Å². The van der Waals surface area contributed by atoms with Crippen molar-refractivity contribution in [1.82, 2.24) is 0 Å². The summed E-state index contributed by atoms with van der Waals surface area (Å²) in [6, 6.07) is 8.35. The zero-order valence-corrected chi connectivity index (χ0v) is 26.3. The lowest BCUT2D eigenvalue weighted by molar-refractivity contribution is -0.605. The van der Waals surface area contributed by atoms with Crippen LogP contribution in [0.15, 0.2) is 48.8 Å². The number of carbonyl (C=O) groups excluding carboxylic acids is 1. The van der Waals surface area contributed by atoms with Crippen molar-refractivity contribution in [3.63, 3.8) is 0 Å². The molecule has 1 heterocycles. The van der Waals surface area contributed by atoms with Crippen LogP contribution < -0.4 is 23.7 Å². The van der Waals surface area contributed by atoms with E-state index in [1.54, 1.807) is 0 Å². The number of alkyl halides is 2. The van der Waals surface area contributed by atoms with Gasteiger partial charge in [0, 0.05) is 18.1 Å². The standard InChI is InChI=1S/C30H30Cl2F2N2O8S/c1-45(39,40)35-21-8-20(9-22(11-21)41-15-17-2-3-17)29(37)43-27(12-23-24(31)13-36(38)14-25(23)32)19-6-7-26(44-30(33)34)28(10-19)42-16-18-4-5-18/h6-11,13-14,17-18,27,30,35H,2-5,12,15-16H2,1H3/t27-/m0/s1. The van der Waals surface area contributed by atoms with Gasteiger partial charge >= 0.3 is 12.6 Å².